The number of nitrogens with zero attached hydrogens (tertiary/aromatic N) is 4. The van der Waals surface area contributed by atoms with Crippen LogP contribution in [0.2, 0.25) is 0 Å². The van der Waals surface area contributed by atoms with Gasteiger partial charge in [0.15, 0.2) is 5.16 Å². The van der Waals surface area contributed by atoms with E-state index in [0.717, 1.165) is 16.2 Å². The summed E-state index contributed by atoms with van der Waals surface area (Å²) in [4.78, 5) is 4.42. The quantitative estimate of drug-likeness (QED) is 0.700. The fraction of sp³-hybridized carbons (Fsp3) is 0.182. The first-order valence-corrected chi connectivity index (χ1v) is 6.05. The first kappa shape index (κ1) is 10.2. The van der Waals surface area contributed by atoms with Crippen LogP contribution in [0.4, 0.5) is 0 Å². The molecule has 5 nitrogen and oxygen atoms in total. The molecule has 0 spiro atoms. The van der Waals surface area contributed by atoms with Crippen LogP contribution in [0.3, 0.4) is 0 Å². The average molecular weight is 243 g/mol. The second-order valence-electron chi connectivity index (χ2n) is 3.65. The first-order valence-electron chi connectivity index (χ1n) is 5.17. The van der Waals surface area contributed by atoms with Crippen LogP contribution in [-0.4, -0.2) is 24.8 Å². The first-order chi connectivity index (χ1) is 8.29. The summed E-state index contributed by atoms with van der Waals surface area (Å²) in [6, 6.07) is 10.0. The summed E-state index contributed by atoms with van der Waals surface area (Å²) in [5.74, 6) is 0.707. The molecular formula is C11H9N5S. The Kier molecular flexibility index (Phi) is 2.27. The van der Waals surface area contributed by atoms with E-state index in [9.17, 15) is 0 Å². The molecule has 3 aromatic rings. The van der Waals surface area contributed by atoms with Gasteiger partial charge in [0, 0.05) is 0 Å². The van der Waals surface area contributed by atoms with Crippen molar-refractivity contribution in [2.75, 3.05) is 0 Å². The van der Waals surface area contributed by atoms with Crippen molar-refractivity contribution < 1.29 is 0 Å². The Bertz CT molecular complexity index is 720. The van der Waals surface area contributed by atoms with E-state index < -0.39 is 0 Å². The van der Waals surface area contributed by atoms with Crippen LogP contribution in [-0.2, 0) is 0 Å². The summed E-state index contributed by atoms with van der Waals surface area (Å²) >= 11 is 1.42. The number of H-pyrrole nitrogens is 1. The molecule has 2 aromatic heterocycles. The monoisotopic (exact) mass is 243 g/mol. The minimum Gasteiger partial charge on any atom is -0.254 e. The Hall–Kier alpha value is -2.00. The van der Waals surface area contributed by atoms with Crippen LogP contribution in [0.25, 0.3) is 16.8 Å². The van der Waals surface area contributed by atoms with Gasteiger partial charge in [0.25, 0.3) is 0 Å². The molecule has 1 atom stereocenters. The Morgan fingerprint density at radius 1 is 1.47 bits per heavy atom. The van der Waals surface area contributed by atoms with Gasteiger partial charge in [-0.15, -0.1) is 5.10 Å². The zero-order valence-corrected chi connectivity index (χ0v) is 9.90. The van der Waals surface area contributed by atoms with E-state index in [1.807, 2.05) is 35.6 Å². The fourth-order valence-electron chi connectivity index (χ4n) is 1.71. The predicted octanol–water partition coefficient (Wildman–Crippen LogP) is 2.21. The molecule has 0 aliphatic heterocycles. The van der Waals surface area contributed by atoms with Gasteiger partial charge >= 0.3 is 0 Å². The third-order valence-electron chi connectivity index (χ3n) is 2.47. The van der Waals surface area contributed by atoms with Gasteiger partial charge in [-0.3, -0.25) is 4.40 Å². The minimum absolute atomic E-state index is 0.136. The molecule has 0 aliphatic rings. The van der Waals surface area contributed by atoms with Crippen LogP contribution < -0.4 is 0 Å². The molecule has 0 radical (unpaired) electrons. The van der Waals surface area contributed by atoms with Crippen LogP contribution in [0, 0.1) is 11.3 Å². The van der Waals surface area contributed by atoms with E-state index in [-0.39, 0.29) is 5.25 Å². The highest BCUT2D eigenvalue weighted by Gasteiger charge is 2.13. The summed E-state index contributed by atoms with van der Waals surface area (Å²) in [5.41, 5.74) is 1.93. The summed E-state index contributed by atoms with van der Waals surface area (Å²) < 4.78 is 1.94. The molecule has 3 rings (SSSR count). The number of nitriles is 1. The number of rotatable bonds is 2. The normalized spacial score (nSPS) is 12.9. The van der Waals surface area contributed by atoms with Gasteiger partial charge in [-0.25, -0.2) is 10.1 Å². The molecule has 1 N–H and O–H groups in total. The van der Waals surface area contributed by atoms with E-state index >= 15 is 0 Å². The Balaban J connectivity index is 2.23. The number of benzene rings is 1. The number of thioether (sulfide) groups is 1. The number of para-hydroxylation sites is 2. The maximum atomic E-state index is 8.84. The molecular weight excluding hydrogens is 234 g/mol. The molecule has 6 heteroatoms. The fourth-order valence-corrected chi connectivity index (χ4v) is 2.46. The molecule has 17 heavy (non-hydrogen) atoms. The van der Waals surface area contributed by atoms with Crippen molar-refractivity contribution in [3.05, 3.63) is 24.3 Å². The third kappa shape index (κ3) is 1.56. The lowest BCUT2D eigenvalue weighted by molar-refractivity contribution is 0.937. The highest BCUT2D eigenvalue weighted by Crippen LogP contribution is 2.25. The van der Waals surface area contributed by atoms with Crippen molar-refractivity contribution in [3.8, 4) is 6.07 Å². The van der Waals surface area contributed by atoms with Crippen molar-refractivity contribution in [1.29, 1.82) is 5.26 Å². The van der Waals surface area contributed by atoms with Gasteiger partial charge < -0.3 is 0 Å². The largest absolute Gasteiger partial charge is 0.254 e. The van der Waals surface area contributed by atoms with Crippen molar-refractivity contribution in [2.45, 2.75) is 17.3 Å². The summed E-state index contributed by atoms with van der Waals surface area (Å²) in [5, 5.41) is 16.5. The number of aromatic nitrogens is 4. The van der Waals surface area contributed by atoms with Crippen molar-refractivity contribution in [1.82, 2.24) is 19.6 Å². The van der Waals surface area contributed by atoms with E-state index in [1.54, 1.807) is 0 Å². The van der Waals surface area contributed by atoms with Gasteiger partial charge in [0.1, 0.15) is 0 Å². The van der Waals surface area contributed by atoms with Crippen LogP contribution >= 0.6 is 11.8 Å². The second-order valence-corrected chi connectivity index (χ2v) is 4.96. The highest BCUT2D eigenvalue weighted by molar-refractivity contribution is 8.00. The zero-order chi connectivity index (χ0) is 11.8. The molecule has 0 aliphatic carbocycles. The lowest BCUT2D eigenvalue weighted by atomic mass is 10.3. The molecule has 0 saturated heterocycles. The highest BCUT2D eigenvalue weighted by atomic mass is 32.2. The average Bonchev–Trinajstić information content (AvgIpc) is 2.89. The Morgan fingerprint density at radius 2 is 2.29 bits per heavy atom. The Labute approximate surface area is 101 Å². The number of imidazole rings is 1. The molecule has 84 valence electrons. The van der Waals surface area contributed by atoms with Crippen molar-refractivity contribution >= 4 is 28.6 Å². The van der Waals surface area contributed by atoms with Gasteiger partial charge in [-0.2, -0.15) is 5.26 Å². The smallest absolute Gasteiger partial charge is 0.231 e. The van der Waals surface area contributed by atoms with Crippen LogP contribution in [0.5, 0.6) is 0 Å². The number of hydrogen-bond donors (Lipinski definition) is 1. The van der Waals surface area contributed by atoms with E-state index in [4.69, 9.17) is 5.26 Å². The standard InChI is InChI=1S/C11H9N5S/c1-7(6-12)17-11-15-14-10-13-8-4-2-3-5-9(8)16(10)11/h2-5,7H,1H3,(H,13,14). The summed E-state index contributed by atoms with van der Waals surface area (Å²) in [6.45, 7) is 1.85. The van der Waals surface area contributed by atoms with Crippen LogP contribution in [0.1, 0.15) is 6.92 Å². The van der Waals surface area contributed by atoms with Gasteiger partial charge in [0.05, 0.1) is 22.4 Å². The van der Waals surface area contributed by atoms with E-state index in [2.05, 4.69) is 21.3 Å². The second kappa shape index (κ2) is 3.79. The lowest BCUT2D eigenvalue weighted by Crippen LogP contribution is -1.93. The van der Waals surface area contributed by atoms with Crippen molar-refractivity contribution in [3.63, 3.8) is 0 Å². The van der Waals surface area contributed by atoms with E-state index in [0.29, 0.717) is 5.78 Å². The van der Waals surface area contributed by atoms with Gasteiger partial charge in [-0.05, 0) is 19.1 Å². The molecule has 0 fully saturated rings. The summed E-state index contributed by atoms with van der Waals surface area (Å²) in [6.07, 6.45) is 0. The number of nitrogens with one attached hydrogen (secondary N) is 1. The molecule has 2 heterocycles. The van der Waals surface area contributed by atoms with Crippen molar-refractivity contribution in [2.24, 2.45) is 0 Å². The topological polar surface area (TPSA) is 69.8 Å². The van der Waals surface area contributed by atoms with E-state index in [1.165, 1.54) is 11.8 Å². The SMILES string of the molecule is CC(C#N)Sc1n[nH]c2nc3ccccc3n12. The molecule has 1 aromatic carbocycles. The lowest BCUT2D eigenvalue weighted by Gasteiger charge is -1.99. The third-order valence-corrected chi connectivity index (χ3v) is 3.41. The zero-order valence-electron chi connectivity index (χ0n) is 9.08. The maximum Gasteiger partial charge on any atom is 0.231 e. The number of aromatic amines is 1. The summed E-state index contributed by atoms with van der Waals surface area (Å²) in [7, 11) is 0. The molecule has 1 unspecified atom stereocenters. The number of fused-ring (bicyclic) bond motifs is 3. The molecule has 0 amide bonds. The Morgan fingerprint density at radius 3 is 3.12 bits per heavy atom. The van der Waals surface area contributed by atoms with Gasteiger partial charge in [0.2, 0.25) is 5.78 Å². The van der Waals surface area contributed by atoms with Gasteiger partial charge in [-0.1, -0.05) is 23.9 Å². The number of hydrogen-bond acceptors (Lipinski definition) is 4. The minimum atomic E-state index is -0.136. The maximum absolute atomic E-state index is 8.84. The predicted molar refractivity (Wildman–Crippen MR) is 65.8 cm³/mol. The molecule has 0 bridgehead atoms. The molecule has 0 saturated carbocycles. The van der Waals surface area contributed by atoms with Crippen LogP contribution in [0.15, 0.2) is 29.4 Å².